The van der Waals surface area contributed by atoms with Gasteiger partial charge in [0.1, 0.15) is 5.75 Å². The van der Waals surface area contributed by atoms with Crippen molar-refractivity contribution in [1.29, 1.82) is 0 Å². The van der Waals surface area contributed by atoms with Crippen LogP contribution < -0.4 is 10.1 Å². The van der Waals surface area contributed by atoms with E-state index in [1.807, 2.05) is 37.4 Å². The molecule has 2 nitrogen and oxygen atoms in total. The molecule has 0 spiro atoms. The maximum Gasteiger partial charge on any atom is 0.119 e. The molecule has 0 fully saturated rings. The molecule has 3 heteroatoms. The SMILES string of the molecule is CNCc1cc(-c2cccc(OC)c2)ccc1Cl. The molecule has 0 atom stereocenters. The van der Waals surface area contributed by atoms with E-state index in [1.54, 1.807) is 7.11 Å². The highest BCUT2D eigenvalue weighted by Gasteiger charge is 2.04. The standard InChI is InChI=1S/C15H16ClNO/c1-17-10-13-8-12(6-7-15(13)16)11-4-3-5-14(9-11)18-2/h3-9,17H,10H2,1-2H3. The number of benzene rings is 2. The molecule has 2 rings (SSSR count). The minimum Gasteiger partial charge on any atom is -0.497 e. The summed E-state index contributed by atoms with van der Waals surface area (Å²) in [6.45, 7) is 0.761. The van der Waals surface area contributed by atoms with Crippen molar-refractivity contribution >= 4 is 11.6 Å². The van der Waals surface area contributed by atoms with E-state index in [-0.39, 0.29) is 0 Å². The molecule has 0 aliphatic heterocycles. The summed E-state index contributed by atoms with van der Waals surface area (Å²) >= 11 is 6.16. The minimum atomic E-state index is 0.761. The van der Waals surface area contributed by atoms with Crippen LogP contribution in [-0.2, 0) is 6.54 Å². The van der Waals surface area contributed by atoms with Gasteiger partial charge in [0.15, 0.2) is 0 Å². The van der Waals surface area contributed by atoms with Crippen molar-refractivity contribution < 1.29 is 4.74 Å². The fraction of sp³-hybridized carbons (Fsp3) is 0.200. The number of hydrogen-bond donors (Lipinski definition) is 1. The van der Waals surface area contributed by atoms with E-state index in [4.69, 9.17) is 16.3 Å². The second-order valence-electron chi connectivity index (χ2n) is 4.07. The number of methoxy groups -OCH3 is 1. The quantitative estimate of drug-likeness (QED) is 0.905. The summed E-state index contributed by atoms with van der Waals surface area (Å²) in [5.74, 6) is 0.859. The van der Waals surface area contributed by atoms with Crippen LogP contribution in [0, 0.1) is 0 Å². The fourth-order valence-electron chi connectivity index (χ4n) is 1.88. The Morgan fingerprint density at radius 2 is 1.89 bits per heavy atom. The Morgan fingerprint density at radius 1 is 1.11 bits per heavy atom. The molecular formula is C15H16ClNO. The molecule has 0 saturated heterocycles. The first-order valence-corrected chi connectivity index (χ1v) is 6.20. The second kappa shape index (κ2) is 5.89. The zero-order chi connectivity index (χ0) is 13.0. The van der Waals surface area contributed by atoms with Crippen LogP contribution in [0.1, 0.15) is 5.56 Å². The maximum atomic E-state index is 6.16. The summed E-state index contributed by atoms with van der Waals surface area (Å²) in [5, 5.41) is 3.90. The monoisotopic (exact) mass is 261 g/mol. The third kappa shape index (κ3) is 2.84. The molecule has 0 radical (unpaired) electrons. The largest absolute Gasteiger partial charge is 0.497 e. The highest BCUT2D eigenvalue weighted by Crippen LogP contribution is 2.27. The molecule has 94 valence electrons. The van der Waals surface area contributed by atoms with Crippen molar-refractivity contribution in [3.8, 4) is 16.9 Å². The summed E-state index contributed by atoms with van der Waals surface area (Å²) < 4.78 is 5.24. The van der Waals surface area contributed by atoms with Gasteiger partial charge in [0, 0.05) is 11.6 Å². The van der Waals surface area contributed by atoms with Gasteiger partial charge < -0.3 is 10.1 Å². The van der Waals surface area contributed by atoms with Crippen LogP contribution in [0.2, 0.25) is 5.02 Å². The van der Waals surface area contributed by atoms with Crippen LogP contribution in [0.3, 0.4) is 0 Å². The zero-order valence-electron chi connectivity index (χ0n) is 10.5. The van der Waals surface area contributed by atoms with E-state index in [9.17, 15) is 0 Å². The van der Waals surface area contributed by atoms with E-state index >= 15 is 0 Å². The van der Waals surface area contributed by atoms with Gasteiger partial charge in [-0.3, -0.25) is 0 Å². The Morgan fingerprint density at radius 3 is 2.61 bits per heavy atom. The zero-order valence-corrected chi connectivity index (χ0v) is 11.3. The molecule has 0 unspecified atom stereocenters. The van der Waals surface area contributed by atoms with Gasteiger partial charge in [-0.2, -0.15) is 0 Å². The van der Waals surface area contributed by atoms with Crippen molar-refractivity contribution in [2.24, 2.45) is 0 Å². The molecule has 18 heavy (non-hydrogen) atoms. The molecule has 1 N–H and O–H groups in total. The van der Waals surface area contributed by atoms with Gasteiger partial charge in [0.05, 0.1) is 7.11 Å². The molecule has 0 amide bonds. The normalized spacial score (nSPS) is 10.4. The molecule has 2 aromatic carbocycles. The van der Waals surface area contributed by atoms with Gasteiger partial charge in [0.2, 0.25) is 0 Å². The number of ether oxygens (including phenoxy) is 1. The van der Waals surface area contributed by atoms with Crippen LogP contribution >= 0.6 is 11.6 Å². The van der Waals surface area contributed by atoms with Crippen molar-refractivity contribution in [2.45, 2.75) is 6.54 Å². The Kier molecular flexibility index (Phi) is 4.24. The van der Waals surface area contributed by atoms with Gasteiger partial charge in [0.25, 0.3) is 0 Å². The summed E-state index contributed by atoms with van der Waals surface area (Å²) in [5.41, 5.74) is 3.37. The second-order valence-corrected chi connectivity index (χ2v) is 4.48. The molecule has 2 aromatic rings. The number of nitrogens with one attached hydrogen (secondary N) is 1. The van der Waals surface area contributed by atoms with Crippen LogP contribution in [0.4, 0.5) is 0 Å². The van der Waals surface area contributed by atoms with Crippen LogP contribution in [0.25, 0.3) is 11.1 Å². The number of halogens is 1. The Bertz CT molecular complexity index is 540. The molecule has 0 aliphatic rings. The number of hydrogen-bond acceptors (Lipinski definition) is 2. The first-order chi connectivity index (χ1) is 8.74. The fourth-order valence-corrected chi connectivity index (χ4v) is 2.07. The van der Waals surface area contributed by atoms with E-state index in [2.05, 4.69) is 17.4 Å². The summed E-state index contributed by atoms with van der Waals surface area (Å²) in [6, 6.07) is 14.1. The van der Waals surface area contributed by atoms with E-state index in [1.165, 1.54) is 0 Å². The van der Waals surface area contributed by atoms with Gasteiger partial charge in [-0.1, -0.05) is 29.8 Å². The topological polar surface area (TPSA) is 21.3 Å². The first kappa shape index (κ1) is 12.9. The minimum absolute atomic E-state index is 0.761. The van der Waals surface area contributed by atoms with E-state index < -0.39 is 0 Å². The Balaban J connectivity index is 2.40. The number of rotatable bonds is 4. The van der Waals surface area contributed by atoms with Gasteiger partial charge >= 0.3 is 0 Å². The lowest BCUT2D eigenvalue weighted by Crippen LogP contribution is -2.05. The predicted molar refractivity (Wildman–Crippen MR) is 76.2 cm³/mol. The molecular weight excluding hydrogens is 246 g/mol. The lowest BCUT2D eigenvalue weighted by atomic mass is 10.0. The highest BCUT2D eigenvalue weighted by molar-refractivity contribution is 6.31. The van der Waals surface area contributed by atoms with Crippen LogP contribution in [0.5, 0.6) is 5.75 Å². The highest BCUT2D eigenvalue weighted by atomic mass is 35.5. The third-order valence-electron chi connectivity index (χ3n) is 2.82. The average Bonchev–Trinajstić information content (AvgIpc) is 2.41. The molecule has 0 aliphatic carbocycles. The van der Waals surface area contributed by atoms with Gasteiger partial charge in [-0.15, -0.1) is 0 Å². The maximum absolute atomic E-state index is 6.16. The summed E-state index contributed by atoms with van der Waals surface area (Å²) in [4.78, 5) is 0. The van der Waals surface area contributed by atoms with Gasteiger partial charge in [-0.05, 0) is 48.0 Å². The van der Waals surface area contributed by atoms with Crippen molar-refractivity contribution in [3.05, 3.63) is 53.1 Å². The van der Waals surface area contributed by atoms with Gasteiger partial charge in [-0.25, -0.2) is 0 Å². The Hall–Kier alpha value is -1.51. The van der Waals surface area contributed by atoms with Crippen LogP contribution in [-0.4, -0.2) is 14.2 Å². The molecule has 0 heterocycles. The van der Waals surface area contributed by atoms with Crippen molar-refractivity contribution in [2.75, 3.05) is 14.2 Å². The Labute approximate surface area is 113 Å². The first-order valence-electron chi connectivity index (χ1n) is 5.82. The predicted octanol–water partition coefficient (Wildman–Crippen LogP) is 3.74. The van der Waals surface area contributed by atoms with E-state index in [0.29, 0.717) is 0 Å². The van der Waals surface area contributed by atoms with E-state index in [0.717, 1.165) is 34.0 Å². The van der Waals surface area contributed by atoms with Crippen molar-refractivity contribution in [1.82, 2.24) is 5.32 Å². The summed E-state index contributed by atoms with van der Waals surface area (Å²) in [7, 11) is 3.59. The lowest BCUT2D eigenvalue weighted by Gasteiger charge is -2.08. The lowest BCUT2D eigenvalue weighted by molar-refractivity contribution is 0.415. The summed E-state index contributed by atoms with van der Waals surface area (Å²) in [6.07, 6.45) is 0. The molecule has 0 saturated carbocycles. The molecule has 0 aromatic heterocycles. The van der Waals surface area contributed by atoms with Crippen molar-refractivity contribution in [3.63, 3.8) is 0 Å². The molecule has 0 bridgehead atoms. The van der Waals surface area contributed by atoms with Crippen LogP contribution in [0.15, 0.2) is 42.5 Å². The average molecular weight is 262 g/mol. The third-order valence-corrected chi connectivity index (χ3v) is 3.18. The smallest absolute Gasteiger partial charge is 0.119 e.